The average Bonchev–Trinajstić information content (AvgIpc) is 3.20. The minimum atomic E-state index is -0.418. The van der Waals surface area contributed by atoms with E-state index in [2.05, 4.69) is 10.6 Å². The fourth-order valence-electron chi connectivity index (χ4n) is 2.45. The first-order valence-electron chi connectivity index (χ1n) is 8.67. The monoisotopic (exact) mass is 394 g/mol. The van der Waals surface area contributed by atoms with E-state index in [1.165, 1.54) is 23.5 Å². The summed E-state index contributed by atoms with van der Waals surface area (Å²) in [5.41, 5.74) is 2.42. The lowest BCUT2D eigenvalue weighted by Gasteiger charge is -2.11. The van der Waals surface area contributed by atoms with Gasteiger partial charge in [0.25, 0.3) is 11.8 Å². The van der Waals surface area contributed by atoms with Crippen molar-refractivity contribution in [3.63, 3.8) is 0 Å². The van der Waals surface area contributed by atoms with Crippen molar-refractivity contribution in [3.8, 4) is 0 Å². The molecule has 2 amide bonds. The van der Waals surface area contributed by atoms with Crippen LogP contribution in [0.15, 0.2) is 71.7 Å². The molecule has 0 radical (unpaired) electrons. The van der Waals surface area contributed by atoms with Crippen LogP contribution in [0.4, 0.5) is 4.39 Å². The van der Waals surface area contributed by atoms with Gasteiger partial charge in [0.2, 0.25) is 0 Å². The lowest BCUT2D eigenvalue weighted by Crippen LogP contribution is -2.34. The molecule has 0 aliphatic carbocycles. The van der Waals surface area contributed by atoms with E-state index in [0.29, 0.717) is 5.56 Å². The number of halogens is 1. The average molecular weight is 394 g/mol. The topological polar surface area (TPSA) is 58.2 Å². The zero-order valence-electron chi connectivity index (χ0n) is 15.2. The standard InChI is InChI=1S/C22H19FN2O2S/c1-15-4-8-17(9-5-15)21(26)25-20(13-19-3-2-12-28-19)22(27)24-14-16-6-10-18(23)11-7-16/h2-13H,14H2,1H3,(H,24,27)(H,25,26)/b20-13-. The number of nitrogens with one attached hydrogen (secondary N) is 2. The summed E-state index contributed by atoms with van der Waals surface area (Å²) in [5.74, 6) is -1.11. The SMILES string of the molecule is Cc1ccc(C(=O)N/C(=C\c2cccs2)C(=O)NCc2ccc(F)cc2)cc1. The molecule has 0 unspecified atom stereocenters. The van der Waals surface area contributed by atoms with Crippen molar-refractivity contribution in [2.45, 2.75) is 13.5 Å². The Morgan fingerprint density at radius 2 is 1.75 bits per heavy atom. The van der Waals surface area contributed by atoms with E-state index in [4.69, 9.17) is 0 Å². The highest BCUT2D eigenvalue weighted by atomic mass is 32.1. The van der Waals surface area contributed by atoms with Gasteiger partial charge in [-0.1, -0.05) is 35.9 Å². The molecule has 4 nitrogen and oxygen atoms in total. The van der Waals surface area contributed by atoms with Crippen LogP contribution in [0, 0.1) is 12.7 Å². The number of carbonyl (C=O) groups is 2. The van der Waals surface area contributed by atoms with E-state index < -0.39 is 5.91 Å². The van der Waals surface area contributed by atoms with Crippen LogP contribution >= 0.6 is 11.3 Å². The smallest absolute Gasteiger partial charge is 0.268 e. The van der Waals surface area contributed by atoms with Crippen LogP contribution in [0.2, 0.25) is 0 Å². The molecule has 6 heteroatoms. The van der Waals surface area contributed by atoms with Crippen LogP contribution in [-0.4, -0.2) is 11.8 Å². The first kappa shape index (κ1) is 19.5. The lowest BCUT2D eigenvalue weighted by atomic mass is 10.1. The Labute approximate surface area is 166 Å². The molecular weight excluding hydrogens is 375 g/mol. The van der Waals surface area contributed by atoms with Crippen molar-refractivity contribution < 1.29 is 14.0 Å². The van der Waals surface area contributed by atoms with Crippen LogP contribution in [0.3, 0.4) is 0 Å². The highest BCUT2D eigenvalue weighted by molar-refractivity contribution is 7.10. The Hall–Kier alpha value is -3.25. The van der Waals surface area contributed by atoms with Crippen LogP contribution < -0.4 is 10.6 Å². The third-order valence-corrected chi connectivity index (χ3v) is 4.82. The predicted octanol–water partition coefficient (Wildman–Crippen LogP) is 4.28. The summed E-state index contributed by atoms with van der Waals surface area (Å²) < 4.78 is 13.0. The number of hydrogen-bond acceptors (Lipinski definition) is 3. The maximum Gasteiger partial charge on any atom is 0.268 e. The van der Waals surface area contributed by atoms with Crippen molar-refractivity contribution in [1.82, 2.24) is 10.6 Å². The van der Waals surface area contributed by atoms with E-state index in [0.717, 1.165) is 16.0 Å². The van der Waals surface area contributed by atoms with Gasteiger partial charge in [0.05, 0.1) is 0 Å². The van der Waals surface area contributed by atoms with Crippen LogP contribution in [0.1, 0.15) is 26.4 Å². The molecule has 2 aromatic carbocycles. The van der Waals surface area contributed by atoms with Gasteiger partial charge in [-0.2, -0.15) is 0 Å². The molecule has 0 aliphatic heterocycles. The van der Waals surface area contributed by atoms with E-state index in [9.17, 15) is 14.0 Å². The van der Waals surface area contributed by atoms with Gasteiger partial charge in [-0.25, -0.2) is 4.39 Å². The third-order valence-electron chi connectivity index (χ3n) is 4.00. The molecule has 142 valence electrons. The molecule has 0 aliphatic rings. The number of thiophene rings is 1. The Kier molecular flexibility index (Phi) is 6.34. The van der Waals surface area contributed by atoms with E-state index in [-0.39, 0.29) is 24.0 Å². The Balaban J connectivity index is 1.74. The lowest BCUT2D eigenvalue weighted by molar-refractivity contribution is -0.117. The van der Waals surface area contributed by atoms with Gasteiger partial charge in [0.1, 0.15) is 11.5 Å². The number of aryl methyl sites for hydroxylation is 1. The maximum atomic E-state index is 13.0. The van der Waals surface area contributed by atoms with Gasteiger partial charge in [-0.15, -0.1) is 11.3 Å². The fraction of sp³-hybridized carbons (Fsp3) is 0.0909. The summed E-state index contributed by atoms with van der Waals surface area (Å²) in [6.45, 7) is 2.16. The maximum absolute atomic E-state index is 13.0. The quantitative estimate of drug-likeness (QED) is 0.613. The summed E-state index contributed by atoms with van der Waals surface area (Å²) >= 11 is 1.46. The highest BCUT2D eigenvalue weighted by Gasteiger charge is 2.15. The van der Waals surface area contributed by atoms with Gasteiger partial charge in [0, 0.05) is 17.0 Å². The Bertz CT molecular complexity index is 978. The molecule has 0 spiro atoms. The number of amides is 2. The van der Waals surface area contributed by atoms with Gasteiger partial charge in [-0.3, -0.25) is 9.59 Å². The molecular formula is C22H19FN2O2S. The highest BCUT2D eigenvalue weighted by Crippen LogP contribution is 2.13. The summed E-state index contributed by atoms with van der Waals surface area (Å²) in [7, 11) is 0. The van der Waals surface area contributed by atoms with Crippen LogP contribution in [0.5, 0.6) is 0 Å². The second-order valence-corrected chi connectivity index (χ2v) is 7.18. The minimum absolute atomic E-state index is 0.148. The zero-order valence-corrected chi connectivity index (χ0v) is 16.1. The summed E-state index contributed by atoms with van der Waals surface area (Å²) in [6, 6.07) is 16.7. The molecule has 3 rings (SSSR count). The second kappa shape index (κ2) is 9.10. The largest absolute Gasteiger partial charge is 0.347 e. The number of rotatable bonds is 6. The van der Waals surface area contributed by atoms with Crippen molar-refractivity contribution >= 4 is 29.2 Å². The first-order chi connectivity index (χ1) is 13.5. The first-order valence-corrected chi connectivity index (χ1v) is 9.55. The van der Waals surface area contributed by atoms with Gasteiger partial charge in [-0.05, 0) is 54.3 Å². The molecule has 1 heterocycles. The number of hydrogen-bond donors (Lipinski definition) is 2. The number of benzene rings is 2. The zero-order chi connectivity index (χ0) is 19.9. The van der Waals surface area contributed by atoms with E-state index in [1.807, 2.05) is 36.6 Å². The van der Waals surface area contributed by atoms with Crippen LogP contribution in [-0.2, 0) is 11.3 Å². The van der Waals surface area contributed by atoms with Crippen molar-refractivity contribution in [1.29, 1.82) is 0 Å². The third kappa shape index (κ3) is 5.37. The van der Waals surface area contributed by atoms with Gasteiger partial charge >= 0.3 is 0 Å². The normalized spacial score (nSPS) is 11.1. The molecule has 2 N–H and O–H groups in total. The summed E-state index contributed by atoms with van der Waals surface area (Å²) in [5, 5.41) is 7.34. The number of carbonyl (C=O) groups excluding carboxylic acids is 2. The van der Waals surface area contributed by atoms with Crippen LogP contribution in [0.25, 0.3) is 6.08 Å². The van der Waals surface area contributed by atoms with Crippen molar-refractivity contribution in [2.24, 2.45) is 0 Å². The Morgan fingerprint density at radius 1 is 1.04 bits per heavy atom. The molecule has 3 aromatic rings. The van der Waals surface area contributed by atoms with Crippen molar-refractivity contribution in [3.05, 3.63) is 99.1 Å². The molecule has 0 bridgehead atoms. The molecule has 1 aromatic heterocycles. The molecule has 28 heavy (non-hydrogen) atoms. The van der Waals surface area contributed by atoms with Crippen molar-refractivity contribution in [2.75, 3.05) is 0 Å². The van der Waals surface area contributed by atoms with E-state index >= 15 is 0 Å². The van der Waals surface area contributed by atoms with Gasteiger partial charge in [0.15, 0.2) is 0 Å². The molecule has 0 saturated heterocycles. The molecule has 0 atom stereocenters. The minimum Gasteiger partial charge on any atom is -0.347 e. The Morgan fingerprint density at radius 3 is 2.39 bits per heavy atom. The second-order valence-electron chi connectivity index (χ2n) is 6.20. The fourth-order valence-corrected chi connectivity index (χ4v) is 3.11. The molecule has 0 fully saturated rings. The predicted molar refractivity (Wildman–Crippen MR) is 109 cm³/mol. The van der Waals surface area contributed by atoms with Gasteiger partial charge < -0.3 is 10.6 Å². The molecule has 0 saturated carbocycles. The summed E-state index contributed by atoms with van der Waals surface area (Å²) in [6.07, 6.45) is 1.64. The van der Waals surface area contributed by atoms with E-state index in [1.54, 1.807) is 30.3 Å². The summed E-state index contributed by atoms with van der Waals surface area (Å²) in [4.78, 5) is 26.1.